The van der Waals surface area contributed by atoms with Crippen LogP contribution in [0.2, 0.25) is 0 Å². The molecule has 1 rings (SSSR count). The highest BCUT2D eigenvalue weighted by Gasteiger charge is 2.20. The van der Waals surface area contributed by atoms with Crippen LogP contribution in [-0.2, 0) is 10.0 Å². The first-order chi connectivity index (χ1) is 7.64. The Morgan fingerprint density at radius 2 is 1.94 bits per heavy atom. The van der Waals surface area contributed by atoms with Gasteiger partial charge in [-0.1, -0.05) is 19.3 Å². The summed E-state index contributed by atoms with van der Waals surface area (Å²) in [6.07, 6.45) is 6.65. The van der Waals surface area contributed by atoms with E-state index in [9.17, 15) is 8.42 Å². The number of hydrogen-bond acceptors (Lipinski definition) is 3. The normalized spacial score (nSPS) is 18.2. The summed E-state index contributed by atoms with van der Waals surface area (Å²) >= 11 is 0. The zero-order valence-corrected chi connectivity index (χ0v) is 10.4. The molecule has 0 aromatic heterocycles. The molecule has 0 spiro atoms. The lowest BCUT2D eigenvalue weighted by atomic mass is 9.91. The van der Waals surface area contributed by atoms with Crippen LogP contribution < -0.4 is 4.72 Å². The van der Waals surface area contributed by atoms with Gasteiger partial charge in [0.25, 0.3) is 0 Å². The van der Waals surface area contributed by atoms with Gasteiger partial charge in [0.2, 0.25) is 10.0 Å². The van der Waals surface area contributed by atoms with E-state index in [4.69, 9.17) is 5.26 Å². The molecule has 16 heavy (non-hydrogen) atoms. The van der Waals surface area contributed by atoms with Gasteiger partial charge in [0.15, 0.2) is 0 Å². The van der Waals surface area contributed by atoms with Gasteiger partial charge in [0, 0.05) is 13.0 Å². The predicted octanol–water partition coefficient (Wildman–Crippen LogP) is 1.79. The molecule has 0 saturated heterocycles. The second-order valence-electron chi connectivity index (χ2n) is 4.44. The van der Waals surface area contributed by atoms with Crippen molar-refractivity contribution < 1.29 is 8.42 Å². The van der Waals surface area contributed by atoms with E-state index in [1.54, 1.807) is 0 Å². The van der Waals surface area contributed by atoms with E-state index >= 15 is 0 Å². The summed E-state index contributed by atoms with van der Waals surface area (Å²) in [7, 11) is -3.12. The second-order valence-corrected chi connectivity index (χ2v) is 6.29. The van der Waals surface area contributed by atoms with Crippen molar-refractivity contribution in [3.8, 4) is 6.07 Å². The van der Waals surface area contributed by atoms with Crippen molar-refractivity contribution in [2.45, 2.75) is 44.9 Å². The van der Waals surface area contributed by atoms with Crippen molar-refractivity contribution in [2.75, 3.05) is 12.3 Å². The zero-order chi connectivity index (χ0) is 11.9. The molecule has 0 aliphatic heterocycles. The summed E-state index contributed by atoms with van der Waals surface area (Å²) in [6.45, 7) is 0.391. The Morgan fingerprint density at radius 3 is 2.56 bits per heavy atom. The topological polar surface area (TPSA) is 70.0 Å². The maximum atomic E-state index is 11.7. The molecule has 1 saturated carbocycles. The van der Waals surface area contributed by atoms with E-state index in [-0.39, 0.29) is 5.75 Å². The third-order valence-corrected chi connectivity index (χ3v) is 4.52. The maximum Gasteiger partial charge on any atom is 0.211 e. The molecule has 0 atom stereocenters. The molecular formula is C11H20N2O2S. The van der Waals surface area contributed by atoms with Crippen molar-refractivity contribution >= 4 is 10.0 Å². The first kappa shape index (κ1) is 13.5. The van der Waals surface area contributed by atoms with Crippen LogP contribution in [0, 0.1) is 17.2 Å². The molecule has 1 aliphatic carbocycles. The Morgan fingerprint density at radius 1 is 1.25 bits per heavy atom. The number of nitrogens with one attached hydrogen (secondary N) is 1. The molecule has 0 unspecified atom stereocenters. The monoisotopic (exact) mass is 244 g/mol. The molecule has 0 radical (unpaired) electrons. The summed E-state index contributed by atoms with van der Waals surface area (Å²) in [5.41, 5.74) is 0. The van der Waals surface area contributed by atoms with E-state index in [1.807, 2.05) is 6.07 Å². The number of nitrogens with zero attached hydrogens (tertiary/aromatic N) is 1. The minimum absolute atomic E-state index is 0.263. The third kappa shape index (κ3) is 5.47. The number of nitriles is 1. The lowest BCUT2D eigenvalue weighted by Gasteiger charge is -2.21. The highest BCUT2D eigenvalue weighted by molar-refractivity contribution is 7.89. The molecule has 92 valence electrons. The molecular weight excluding hydrogens is 224 g/mol. The van der Waals surface area contributed by atoms with Crippen LogP contribution in [0.25, 0.3) is 0 Å². The smallest absolute Gasteiger partial charge is 0.211 e. The van der Waals surface area contributed by atoms with Crippen LogP contribution in [0.3, 0.4) is 0 Å². The van der Waals surface area contributed by atoms with E-state index in [1.165, 1.54) is 6.42 Å². The van der Waals surface area contributed by atoms with Gasteiger partial charge >= 0.3 is 0 Å². The summed E-state index contributed by atoms with van der Waals surface area (Å²) in [6, 6.07) is 2.00. The summed E-state index contributed by atoms with van der Waals surface area (Å²) in [5.74, 6) is 0.599. The number of unbranched alkanes of at least 4 members (excludes halogenated alkanes) is 1. The van der Waals surface area contributed by atoms with Gasteiger partial charge in [0.05, 0.1) is 11.8 Å². The summed E-state index contributed by atoms with van der Waals surface area (Å²) in [4.78, 5) is 0. The molecule has 5 heteroatoms. The van der Waals surface area contributed by atoms with Gasteiger partial charge in [-0.3, -0.25) is 0 Å². The average molecular weight is 244 g/mol. The van der Waals surface area contributed by atoms with Crippen LogP contribution in [-0.4, -0.2) is 20.7 Å². The van der Waals surface area contributed by atoms with Gasteiger partial charge in [-0.25, -0.2) is 13.1 Å². The van der Waals surface area contributed by atoms with Crippen LogP contribution in [0.4, 0.5) is 0 Å². The standard InChI is InChI=1S/C11H20N2O2S/c12-8-4-5-9-13-16(14,15)10-11-6-2-1-3-7-11/h11,13H,1-7,9-10H2. The number of hydrogen-bond donors (Lipinski definition) is 1. The largest absolute Gasteiger partial charge is 0.215 e. The molecule has 0 aromatic carbocycles. The van der Waals surface area contributed by atoms with Crippen LogP contribution >= 0.6 is 0 Å². The predicted molar refractivity (Wildman–Crippen MR) is 63.2 cm³/mol. The number of rotatable bonds is 6. The average Bonchev–Trinajstić information content (AvgIpc) is 2.25. The number of sulfonamides is 1. The van der Waals surface area contributed by atoms with Crippen molar-refractivity contribution in [3.63, 3.8) is 0 Å². The van der Waals surface area contributed by atoms with Gasteiger partial charge in [-0.05, 0) is 25.2 Å². The molecule has 1 N–H and O–H groups in total. The van der Waals surface area contributed by atoms with Gasteiger partial charge in [-0.15, -0.1) is 0 Å². The molecule has 0 aromatic rings. The minimum atomic E-state index is -3.12. The Labute approximate surface area is 98.1 Å². The van der Waals surface area contributed by atoms with Crippen LogP contribution in [0.1, 0.15) is 44.9 Å². The highest BCUT2D eigenvalue weighted by atomic mass is 32.2. The molecule has 4 nitrogen and oxygen atoms in total. The fraction of sp³-hybridized carbons (Fsp3) is 0.909. The molecule has 1 fully saturated rings. The van der Waals surface area contributed by atoms with Gasteiger partial charge in [0.1, 0.15) is 0 Å². The van der Waals surface area contributed by atoms with Crippen LogP contribution in [0.15, 0.2) is 0 Å². The first-order valence-electron chi connectivity index (χ1n) is 5.98. The highest BCUT2D eigenvalue weighted by Crippen LogP contribution is 2.24. The quantitative estimate of drug-likeness (QED) is 0.724. The Bertz CT molecular complexity index is 326. The van der Waals surface area contributed by atoms with E-state index in [0.717, 1.165) is 25.7 Å². The second kappa shape index (κ2) is 6.87. The SMILES string of the molecule is N#CCCCNS(=O)(=O)CC1CCCCC1. The maximum absolute atomic E-state index is 11.7. The van der Waals surface area contributed by atoms with Crippen LogP contribution in [0.5, 0.6) is 0 Å². The van der Waals surface area contributed by atoms with Gasteiger partial charge in [-0.2, -0.15) is 5.26 Å². The Hall–Kier alpha value is -0.600. The van der Waals surface area contributed by atoms with Crippen molar-refractivity contribution in [3.05, 3.63) is 0 Å². The lowest BCUT2D eigenvalue weighted by molar-refractivity contribution is 0.384. The summed E-state index contributed by atoms with van der Waals surface area (Å²) < 4.78 is 25.9. The van der Waals surface area contributed by atoms with E-state index in [0.29, 0.717) is 25.3 Å². The van der Waals surface area contributed by atoms with Crippen molar-refractivity contribution in [1.29, 1.82) is 5.26 Å². The molecule has 0 heterocycles. The Balaban J connectivity index is 2.25. The van der Waals surface area contributed by atoms with E-state index < -0.39 is 10.0 Å². The Kier molecular flexibility index (Phi) is 5.78. The molecule has 0 bridgehead atoms. The molecule has 0 amide bonds. The van der Waals surface area contributed by atoms with Crippen molar-refractivity contribution in [2.24, 2.45) is 5.92 Å². The minimum Gasteiger partial charge on any atom is -0.215 e. The van der Waals surface area contributed by atoms with Crippen molar-refractivity contribution in [1.82, 2.24) is 4.72 Å². The fourth-order valence-electron chi connectivity index (χ4n) is 2.12. The third-order valence-electron chi connectivity index (χ3n) is 2.97. The van der Waals surface area contributed by atoms with Gasteiger partial charge < -0.3 is 0 Å². The molecule has 1 aliphatic rings. The van der Waals surface area contributed by atoms with E-state index in [2.05, 4.69) is 4.72 Å². The zero-order valence-electron chi connectivity index (χ0n) is 9.61. The first-order valence-corrected chi connectivity index (χ1v) is 7.63. The fourth-order valence-corrected chi connectivity index (χ4v) is 3.65. The summed E-state index contributed by atoms with van der Waals surface area (Å²) in [5, 5.41) is 8.33. The lowest BCUT2D eigenvalue weighted by Crippen LogP contribution is -2.31.